The van der Waals surface area contributed by atoms with Gasteiger partial charge in [0.25, 0.3) is 0 Å². The van der Waals surface area contributed by atoms with Gasteiger partial charge < -0.3 is 0 Å². The molecule has 0 aliphatic carbocycles. The SMILES string of the molecule is Cc1ccccc1CC(=O)c1ccc(F)cc1C. The summed E-state index contributed by atoms with van der Waals surface area (Å²) in [6.45, 7) is 3.74. The molecule has 0 heterocycles. The van der Waals surface area contributed by atoms with E-state index in [1.165, 1.54) is 12.1 Å². The first kappa shape index (κ1) is 12.5. The first-order valence-corrected chi connectivity index (χ1v) is 5.92. The van der Waals surface area contributed by atoms with E-state index in [2.05, 4.69) is 0 Å². The second-order valence-corrected chi connectivity index (χ2v) is 4.49. The van der Waals surface area contributed by atoms with Crippen molar-refractivity contribution in [1.29, 1.82) is 0 Å². The van der Waals surface area contributed by atoms with Crippen LogP contribution in [-0.2, 0) is 6.42 Å². The first-order valence-electron chi connectivity index (χ1n) is 5.92. The number of rotatable bonds is 3. The number of halogens is 1. The molecule has 0 aliphatic rings. The van der Waals surface area contributed by atoms with Gasteiger partial charge >= 0.3 is 0 Å². The Morgan fingerprint density at radius 2 is 1.78 bits per heavy atom. The van der Waals surface area contributed by atoms with Gasteiger partial charge in [-0.3, -0.25) is 4.79 Å². The molecule has 92 valence electrons. The standard InChI is InChI=1S/C16H15FO/c1-11-5-3-4-6-13(11)10-16(18)15-8-7-14(17)9-12(15)2/h3-9H,10H2,1-2H3. The summed E-state index contributed by atoms with van der Waals surface area (Å²) in [5.74, 6) is -0.276. The molecule has 2 aromatic carbocycles. The third-order valence-electron chi connectivity index (χ3n) is 3.10. The molecule has 0 saturated carbocycles. The highest BCUT2D eigenvalue weighted by atomic mass is 19.1. The smallest absolute Gasteiger partial charge is 0.167 e. The maximum Gasteiger partial charge on any atom is 0.167 e. The summed E-state index contributed by atoms with van der Waals surface area (Å²) in [5.41, 5.74) is 3.41. The van der Waals surface area contributed by atoms with Crippen LogP contribution in [0.4, 0.5) is 4.39 Å². The van der Waals surface area contributed by atoms with Gasteiger partial charge in [0, 0.05) is 12.0 Å². The van der Waals surface area contributed by atoms with E-state index in [1.54, 1.807) is 13.0 Å². The average Bonchev–Trinajstić information content (AvgIpc) is 2.32. The van der Waals surface area contributed by atoms with Gasteiger partial charge in [0.2, 0.25) is 0 Å². The van der Waals surface area contributed by atoms with Crippen LogP contribution in [0.15, 0.2) is 42.5 Å². The number of hydrogen-bond donors (Lipinski definition) is 0. The van der Waals surface area contributed by atoms with E-state index in [4.69, 9.17) is 0 Å². The second-order valence-electron chi connectivity index (χ2n) is 4.49. The molecule has 0 fully saturated rings. The van der Waals surface area contributed by atoms with Crippen molar-refractivity contribution in [2.24, 2.45) is 0 Å². The lowest BCUT2D eigenvalue weighted by Crippen LogP contribution is -2.07. The molecule has 0 radical (unpaired) electrons. The summed E-state index contributed by atoms with van der Waals surface area (Å²) in [4.78, 5) is 12.2. The summed E-state index contributed by atoms with van der Waals surface area (Å²) in [5, 5.41) is 0. The first-order chi connectivity index (χ1) is 8.58. The van der Waals surface area contributed by atoms with Crippen molar-refractivity contribution in [2.75, 3.05) is 0 Å². The van der Waals surface area contributed by atoms with Crippen LogP contribution in [0.2, 0.25) is 0 Å². The Hall–Kier alpha value is -1.96. The zero-order valence-electron chi connectivity index (χ0n) is 10.5. The molecule has 2 rings (SSSR count). The maximum atomic E-state index is 13.0. The van der Waals surface area contributed by atoms with Gasteiger partial charge in [-0.25, -0.2) is 4.39 Å². The monoisotopic (exact) mass is 242 g/mol. The van der Waals surface area contributed by atoms with Crippen molar-refractivity contribution >= 4 is 5.78 Å². The van der Waals surface area contributed by atoms with Gasteiger partial charge in [-0.1, -0.05) is 24.3 Å². The fraction of sp³-hybridized carbons (Fsp3) is 0.188. The Kier molecular flexibility index (Phi) is 3.56. The minimum Gasteiger partial charge on any atom is -0.294 e. The third-order valence-corrected chi connectivity index (χ3v) is 3.10. The van der Waals surface area contributed by atoms with Crippen LogP contribution in [0.1, 0.15) is 27.0 Å². The van der Waals surface area contributed by atoms with E-state index in [1.807, 2.05) is 31.2 Å². The average molecular weight is 242 g/mol. The summed E-state index contributed by atoms with van der Waals surface area (Å²) in [6.07, 6.45) is 0.360. The van der Waals surface area contributed by atoms with Crippen LogP contribution in [0.25, 0.3) is 0 Å². The molecule has 0 saturated heterocycles. The van der Waals surface area contributed by atoms with Crippen LogP contribution in [0, 0.1) is 19.7 Å². The van der Waals surface area contributed by atoms with Crippen LogP contribution in [0.5, 0.6) is 0 Å². The van der Waals surface area contributed by atoms with Crippen LogP contribution >= 0.6 is 0 Å². The molecule has 2 aromatic rings. The summed E-state index contributed by atoms with van der Waals surface area (Å²) in [7, 11) is 0. The molecule has 0 amide bonds. The Balaban J connectivity index is 2.25. The molecule has 0 aliphatic heterocycles. The number of hydrogen-bond acceptors (Lipinski definition) is 1. The highest BCUT2D eigenvalue weighted by Crippen LogP contribution is 2.15. The summed E-state index contributed by atoms with van der Waals surface area (Å²) < 4.78 is 13.0. The van der Waals surface area contributed by atoms with Gasteiger partial charge in [-0.05, 0) is 48.7 Å². The number of aryl methyl sites for hydroxylation is 2. The Bertz CT molecular complexity index is 587. The topological polar surface area (TPSA) is 17.1 Å². The molecule has 0 aromatic heterocycles. The van der Waals surface area contributed by atoms with Crippen molar-refractivity contribution in [3.63, 3.8) is 0 Å². The Labute approximate surface area is 106 Å². The molecule has 0 unspecified atom stereocenters. The van der Waals surface area contributed by atoms with Crippen LogP contribution < -0.4 is 0 Å². The van der Waals surface area contributed by atoms with Gasteiger partial charge in [0.15, 0.2) is 5.78 Å². The lowest BCUT2D eigenvalue weighted by Gasteiger charge is -2.07. The predicted octanol–water partition coefficient (Wildman–Crippen LogP) is 3.87. The van der Waals surface area contributed by atoms with Gasteiger partial charge in [-0.15, -0.1) is 0 Å². The molecular weight excluding hydrogens is 227 g/mol. The van der Waals surface area contributed by atoms with Crippen molar-refractivity contribution < 1.29 is 9.18 Å². The minimum absolute atomic E-state index is 0.0294. The molecule has 18 heavy (non-hydrogen) atoms. The van der Waals surface area contributed by atoms with E-state index in [9.17, 15) is 9.18 Å². The van der Waals surface area contributed by atoms with Crippen molar-refractivity contribution in [2.45, 2.75) is 20.3 Å². The van der Waals surface area contributed by atoms with E-state index >= 15 is 0 Å². The molecule has 0 spiro atoms. The lowest BCUT2D eigenvalue weighted by molar-refractivity contribution is 0.0992. The number of carbonyl (C=O) groups is 1. The largest absolute Gasteiger partial charge is 0.294 e. The second kappa shape index (κ2) is 5.13. The Morgan fingerprint density at radius 3 is 2.44 bits per heavy atom. The maximum absolute atomic E-state index is 13.0. The number of ketones is 1. The third kappa shape index (κ3) is 2.65. The highest BCUT2D eigenvalue weighted by molar-refractivity contribution is 5.98. The predicted molar refractivity (Wildman–Crippen MR) is 70.4 cm³/mol. The quantitative estimate of drug-likeness (QED) is 0.747. The van der Waals surface area contributed by atoms with Crippen LogP contribution in [0.3, 0.4) is 0 Å². The van der Waals surface area contributed by atoms with Crippen LogP contribution in [-0.4, -0.2) is 5.78 Å². The lowest BCUT2D eigenvalue weighted by atomic mass is 9.97. The number of Topliss-reactive ketones (excluding diaryl/α,β-unsaturated/α-hetero) is 1. The molecule has 1 nitrogen and oxygen atoms in total. The van der Waals surface area contributed by atoms with E-state index < -0.39 is 0 Å². The molecule has 0 bridgehead atoms. The highest BCUT2D eigenvalue weighted by Gasteiger charge is 2.11. The molecule has 0 N–H and O–H groups in total. The van der Waals surface area contributed by atoms with Gasteiger partial charge in [0.05, 0.1) is 0 Å². The zero-order chi connectivity index (χ0) is 13.1. The van der Waals surface area contributed by atoms with Crippen molar-refractivity contribution in [1.82, 2.24) is 0 Å². The molecule has 2 heteroatoms. The molecular formula is C16H15FO. The normalized spacial score (nSPS) is 10.4. The summed E-state index contributed by atoms with van der Waals surface area (Å²) in [6, 6.07) is 12.1. The fourth-order valence-corrected chi connectivity index (χ4v) is 2.02. The van der Waals surface area contributed by atoms with Crippen molar-refractivity contribution in [3.8, 4) is 0 Å². The van der Waals surface area contributed by atoms with E-state index in [-0.39, 0.29) is 11.6 Å². The number of carbonyl (C=O) groups excluding carboxylic acids is 1. The minimum atomic E-state index is -0.306. The Morgan fingerprint density at radius 1 is 1.06 bits per heavy atom. The number of benzene rings is 2. The molecule has 0 atom stereocenters. The van der Waals surface area contributed by atoms with Crippen molar-refractivity contribution in [3.05, 3.63) is 70.5 Å². The van der Waals surface area contributed by atoms with E-state index in [0.717, 1.165) is 11.1 Å². The summed E-state index contributed by atoms with van der Waals surface area (Å²) >= 11 is 0. The fourth-order valence-electron chi connectivity index (χ4n) is 2.02. The van der Waals surface area contributed by atoms with Gasteiger partial charge in [0.1, 0.15) is 5.82 Å². The van der Waals surface area contributed by atoms with E-state index in [0.29, 0.717) is 17.5 Å². The van der Waals surface area contributed by atoms with Gasteiger partial charge in [-0.2, -0.15) is 0 Å². The zero-order valence-corrected chi connectivity index (χ0v) is 10.5.